The van der Waals surface area contributed by atoms with Gasteiger partial charge in [0.1, 0.15) is 60.1 Å². The fourth-order valence-corrected chi connectivity index (χ4v) is 21.8. The van der Waals surface area contributed by atoms with Crippen molar-refractivity contribution in [2.45, 2.75) is 180 Å². The molecule has 2 saturated heterocycles. The van der Waals surface area contributed by atoms with Crippen LogP contribution in [0.25, 0.3) is 22.1 Å². The number of para-hydroxylation sites is 1. The van der Waals surface area contributed by atoms with Gasteiger partial charge in [-0.2, -0.15) is 4.98 Å². The predicted octanol–water partition coefficient (Wildman–Crippen LogP) is -1.53. The highest BCUT2D eigenvalue weighted by Crippen LogP contribution is 2.68. The van der Waals surface area contributed by atoms with E-state index in [1.165, 1.54) is 44.7 Å². The second kappa shape index (κ2) is 42.4. The monoisotopic (exact) mass is 1920 g/mol. The van der Waals surface area contributed by atoms with E-state index in [4.69, 9.17) is 31.1 Å². The lowest BCUT2D eigenvalue weighted by Gasteiger charge is -2.63. The molecule has 2 bridgehead atoms. The number of H-pyrrole nitrogens is 2. The molecule has 3 aromatic heterocycles. The zero-order valence-corrected chi connectivity index (χ0v) is 75.8. The molecule has 1 saturated carbocycles. The maximum absolute atomic E-state index is 15.7. The van der Waals surface area contributed by atoms with Crippen LogP contribution in [-0.2, 0) is 90.8 Å². The molecule has 6 aromatic rings. The number of nitrogen functional groups attached to an aromatic ring is 1. The van der Waals surface area contributed by atoms with E-state index in [9.17, 15) is 103 Å². The molecule has 16 atom stereocenters. The average molecular weight is 1920 g/mol. The van der Waals surface area contributed by atoms with E-state index in [1.807, 2.05) is 61.6 Å². The fraction of sp³-hybridized carbons (Fsp3) is 0.500. The van der Waals surface area contributed by atoms with Gasteiger partial charge in [0.25, 0.3) is 17.4 Å². The average Bonchev–Trinajstić information content (AvgIpc) is 1.48. The van der Waals surface area contributed by atoms with Gasteiger partial charge >= 0.3 is 41.9 Å². The van der Waals surface area contributed by atoms with Crippen molar-refractivity contribution in [2.75, 3.05) is 94.6 Å². The molecule has 1 spiro atoms. The summed E-state index contributed by atoms with van der Waals surface area (Å²) in [6.07, 6.45) is -1.68. The second-order valence-electron chi connectivity index (χ2n) is 34.2. The number of ether oxygens (including phenoxy) is 3. The number of hydrogen-bond acceptors (Lipinski definition) is 32. The molecule has 3 unspecified atom stereocenters. The Morgan fingerprint density at radius 3 is 2.02 bits per heavy atom. The number of carboxylic acid groups (broad SMARTS) is 5. The molecule has 49 heteroatoms. The predicted molar refractivity (Wildman–Crippen MR) is 484 cm³/mol. The summed E-state index contributed by atoms with van der Waals surface area (Å²) in [5.74, 6) is -19.3. The Balaban J connectivity index is 0.657. The van der Waals surface area contributed by atoms with Crippen molar-refractivity contribution in [1.29, 1.82) is 5.41 Å². The number of likely N-dealkylation sites (N-methyl/N-ethyl adjacent to an activating group) is 1. The Bertz CT molecular complexity index is 5690. The lowest BCUT2D eigenvalue weighted by atomic mass is 9.47. The Labute approximate surface area is 777 Å². The number of guanidine groups is 1. The number of piperidine rings is 1. The number of carboxylic acids is 5. The zero-order valence-electron chi connectivity index (χ0n) is 74.1. The number of aliphatic hydroxyl groups excluding tert-OH is 1. The summed E-state index contributed by atoms with van der Waals surface area (Å²) >= 11 is 0. The van der Waals surface area contributed by atoms with Crippen molar-refractivity contribution < 1.29 is 122 Å². The minimum atomic E-state index is -2.76. The first kappa shape index (κ1) is 100. The third kappa shape index (κ3) is 21.5. The van der Waals surface area contributed by atoms with Crippen LogP contribution in [0.5, 0.6) is 5.75 Å². The highest BCUT2D eigenvalue weighted by Gasteiger charge is 2.79. The summed E-state index contributed by atoms with van der Waals surface area (Å²) in [5.41, 5.74) is 11.5. The van der Waals surface area contributed by atoms with Crippen LogP contribution in [0.1, 0.15) is 129 Å². The zero-order chi connectivity index (χ0) is 97.9. The number of aromatic nitrogens is 5. The molecule has 726 valence electrons. The van der Waals surface area contributed by atoms with Gasteiger partial charge in [0.15, 0.2) is 22.7 Å². The number of fused-ring (bicyclic) bond motifs is 7. The van der Waals surface area contributed by atoms with Crippen molar-refractivity contribution in [1.82, 2.24) is 82.8 Å². The molecule has 5 aliphatic heterocycles. The van der Waals surface area contributed by atoms with E-state index in [1.54, 1.807) is 18.0 Å². The normalized spacial score (nSPS) is 23.7. The summed E-state index contributed by atoms with van der Waals surface area (Å²) in [5, 5.41) is 116. The van der Waals surface area contributed by atoms with Crippen LogP contribution in [-0.4, -0.2) is 309 Å². The minimum absolute atomic E-state index is 0.0223. The molecule has 135 heavy (non-hydrogen) atoms. The van der Waals surface area contributed by atoms with Gasteiger partial charge < -0.3 is 119 Å². The molecule has 8 amide bonds. The molecule has 47 nitrogen and oxygen atoms in total. The maximum atomic E-state index is 15.7. The van der Waals surface area contributed by atoms with Gasteiger partial charge in [-0.05, 0) is 118 Å². The topological polar surface area (TPSA) is 722 Å². The number of nitrogens with one attached hydrogen (secondary N) is 13. The molecular weight excluding hydrogens is 1810 g/mol. The Morgan fingerprint density at radius 1 is 0.733 bits per heavy atom. The highest BCUT2D eigenvalue weighted by atomic mass is 33.1. The largest absolute Gasteiger partial charge is 0.496 e. The van der Waals surface area contributed by atoms with Crippen LogP contribution in [0, 0.1) is 16.7 Å². The number of aromatic amines is 2. The number of carbonyl (C=O) groups excluding carboxylic acids is 9. The van der Waals surface area contributed by atoms with E-state index in [-0.39, 0.29) is 72.4 Å². The molecule has 3 aromatic carbocycles. The standard InChI is InChI=1S/C86H109N21O26S2/c1-6-82(129)35-42-36-85(78(127)132-5,64-47(21-26-106(39-42)41-82)46-12-8-9-13-50(46)95-64)49-30-48-57(34-58(49)131-4)105(3)75-84(48)23-27-107-25-11-22-83(7-2,74(84)107)76(125)86(75,130)77(126)103-104-81(128)133-28-29-134-135-40-56(73(123)124)100-70(119)55(33-62(113)114)99-69(118)54(32-61(111)112)98-67(116)51(14-10-24-90-79(87)88)96-68(117)53(31-60(109)110)94-59(108)20-19-52(72(121)122)97-66(115)43-15-17-44(18-16-43)91-37-45-38-92-65-63(93-45)71(120)102-80(89)101-65/h8-9,11-13,15-18,22,30,34,38,42,51-56,74-76,91,95,125,129-130H,6-7,10,14,19-21,23-29,31-33,35-37,39-41H2,1-5H3,(H,94,108)(H,96,117)(H,97,115)(H,98,116)(H,99,118)(H,100,119)(H,103,126)(H,104,128)(H,109,110)(H,111,112)(H,113,114)(H,121,122)(H,123,124)(H4,87,88,90)(H3,89,92,101,102,120)/t42?,51-,52-,53-,54-,55-,56-,74-,75+,76+,82?,83+,84+,85-,86-/m0/s1. The summed E-state index contributed by atoms with van der Waals surface area (Å²) in [6.45, 7) is 5.78. The first-order valence-electron chi connectivity index (χ1n) is 43.4. The molecular formula is C86H109N21O26S2. The number of aliphatic hydroxyl groups is 3. The van der Waals surface area contributed by atoms with Gasteiger partial charge in [0.2, 0.25) is 35.5 Å². The summed E-state index contributed by atoms with van der Waals surface area (Å²) in [4.78, 5) is 226. The van der Waals surface area contributed by atoms with Gasteiger partial charge in [-0.3, -0.25) is 83.2 Å². The number of hydrazine groups is 1. The van der Waals surface area contributed by atoms with Gasteiger partial charge in [0.05, 0.1) is 63.6 Å². The number of rotatable bonds is 41. The smallest absolute Gasteiger partial charge is 0.426 e. The Kier molecular flexibility index (Phi) is 31.6. The molecule has 3 fully saturated rings. The van der Waals surface area contributed by atoms with Crippen LogP contribution in [0.2, 0.25) is 0 Å². The summed E-state index contributed by atoms with van der Waals surface area (Å²) < 4.78 is 17.8. The minimum Gasteiger partial charge on any atom is -0.496 e. The number of esters is 1. The number of benzene rings is 3. The van der Waals surface area contributed by atoms with E-state index in [0.717, 1.165) is 38.1 Å². The molecule has 0 radical (unpaired) electrons. The SMILES string of the molecule is CCC1(O)CC2CN(CCc3c([nH]c4ccccc34)[C@@](C(=O)OC)(c3cc4c(cc3OC)N(C)[C@H]3[C@@](O)(C(=O)NNC(=O)OCCSSC[C@H](NC(=O)[C@H](CC(=O)O)NC(=O)[C@H](CC(=O)O)NC(=O)[C@H](CCCNC(=N)N)NC(=O)[C@H](CC(=O)O)NC(=O)CC[C@H](NC(=O)c5ccc(NCc6cnc7nc(N)[nH]c(=O)c7n6)cc5)C(=O)O)C(=O)O)[C@H](O)[C@]5(CC)C=CCN6CC[C@]43[C@@H]65)C2)C1. The Morgan fingerprint density at radius 2 is 1.39 bits per heavy atom. The number of nitrogens with two attached hydrogens (primary N) is 2. The number of carbonyl (C=O) groups is 14. The second-order valence-corrected chi connectivity index (χ2v) is 36.9. The molecule has 8 heterocycles. The van der Waals surface area contributed by atoms with Crippen LogP contribution < -0.4 is 80.0 Å². The van der Waals surface area contributed by atoms with Gasteiger partial charge in [-0.15, -0.1) is 0 Å². The maximum Gasteiger partial charge on any atom is 0.426 e. The van der Waals surface area contributed by atoms with Crippen LogP contribution in [0.3, 0.4) is 0 Å². The number of nitrogens with zero attached hydrogens (tertiary/aromatic N) is 6. The molecule has 1 aliphatic carbocycles. The van der Waals surface area contributed by atoms with Crippen molar-refractivity contribution in [3.63, 3.8) is 0 Å². The van der Waals surface area contributed by atoms with Gasteiger partial charge in [-0.25, -0.2) is 29.8 Å². The van der Waals surface area contributed by atoms with E-state index in [0.29, 0.717) is 92.3 Å². The highest BCUT2D eigenvalue weighted by molar-refractivity contribution is 8.76. The van der Waals surface area contributed by atoms with Gasteiger partial charge in [-0.1, -0.05) is 65.8 Å². The summed E-state index contributed by atoms with van der Waals surface area (Å²) in [6, 6.07) is 3.36. The van der Waals surface area contributed by atoms with E-state index < -0.39 is 228 Å². The van der Waals surface area contributed by atoms with Crippen molar-refractivity contribution in [3.8, 4) is 5.75 Å². The fourth-order valence-electron chi connectivity index (χ4n) is 19.9. The molecule has 25 N–H and O–H groups in total. The Hall–Kier alpha value is -13.5. The number of anilines is 3. The number of aliphatic carboxylic acids is 5. The van der Waals surface area contributed by atoms with Crippen molar-refractivity contribution in [2.24, 2.45) is 17.1 Å². The molecule has 12 rings (SSSR count). The number of amides is 8. The molecule has 6 aliphatic rings. The summed E-state index contributed by atoms with van der Waals surface area (Å²) in [7, 11) is 6.24. The lowest BCUT2D eigenvalue weighted by molar-refractivity contribution is -0.204. The van der Waals surface area contributed by atoms with E-state index in [2.05, 4.69) is 82.8 Å². The first-order valence-corrected chi connectivity index (χ1v) is 45.9. The van der Waals surface area contributed by atoms with Crippen LogP contribution in [0.15, 0.2) is 83.8 Å². The lowest BCUT2D eigenvalue weighted by Crippen LogP contribution is -2.82. The van der Waals surface area contributed by atoms with Crippen LogP contribution in [0.4, 0.5) is 22.1 Å². The third-order valence-electron chi connectivity index (χ3n) is 25.9. The van der Waals surface area contributed by atoms with Crippen molar-refractivity contribution >= 4 is 150 Å². The van der Waals surface area contributed by atoms with Crippen LogP contribution >= 0.6 is 21.6 Å². The first-order chi connectivity index (χ1) is 64.2. The quantitative estimate of drug-likeness (QED) is 0.00394. The van der Waals surface area contributed by atoms with Gasteiger partial charge in [0, 0.05) is 120 Å². The van der Waals surface area contributed by atoms with Crippen molar-refractivity contribution in [3.05, 3.63) is 123 Å². The number of methoxy groups -OCH3 is 2. The third-order valence-corrected chi connectivity index (χ3v) is 28.2. The van der Waals surface area contributed by atoms with E-state index >= 15 is 9.59 Å². The number of hydrogen-bond donors (Lipinski definition) is 23.